The van der Waals surface area contributed by atoms with E-state index in [1.807, 2.05) is 13.8 Å². The summed E-state index contributed by atoms with van der Waals surface area (Å²) in [5.41, 5.74) is 2.10. The van der Waals surface area contributed by atoms with Gasteiger partial charge in [-0.1, -0.05) is 25.4 Å². The summed E-state index contributed by atoms with van der Waals surface area (Å²) in [5, 5.41) is 14.5. The van der Waals surface area contributed by atoms with Crippen molar-refractivity contribution in [2.45, 2.75) is 13.8 Å². The summed E-state index contributed by atoms with van der Waals surface area (Å²) in [6.45, 7) is 4.61. The number of anilines is 1. The summed E-state index contributed by atoms with van der Waals surface area (Å²) in [6, 6.07) is 1.63. The first-order valence-corrected chi connectivity index (χ1v) is 7.11. The molecule has 4 N–H and O–H groups in total. The van der Waals surface area contributed by atoms with Crippen LogP contribution in [0.25, 0.3) is 6.08 Å². The van der Waals surface area contributed by atoms with E-state index >= 15 is 0 Å². The highest BCUT2D eigenvalue weighted by atomic mass is 35.5. The molecule has 0 saturated heterocycles. The van der Waals surface area contributed by atoms with Crippen molar-refractivity contribution in [2.24, 2.45) is 5.92 Å². The molecule has 1 heterocycles. The maximum absolute atomic E-state index is 11.4. The Bertz CT molecular complexity index is 561. The normalized spacial score (nSPS) is 10.8. The second kappa shape index (κ2) is 9.01. The van der Waals surface area contributed by atoms with Crippen molar-refractivity contribution < 1.29 is 14.8 Å². The van der Waals surface area contributed by atoms with Gasteiger partial charge in [0, 0.05) is 31.3 Å². The molecule has 0 spiro atoms. The Labute approximate surface area is 133 Å². The lowest BCUT2D eigenvalue weighted by atomic mass is 10.2. The number of nitrogens with one attached hydrogen (secondary N) is 3. The van der Waals surface area contributed by atoms with Crippen molar-refractivity contribution in [1.29, 1.82) is 0 Å². The molecule has 0 unspecified atom stereocenters. The van der Waals surface area contributed by atoms with Gasteiger partial charge in [-0.15, -0.1) is 0 Å². The molecular formula is C14H19ClN4O3. The van der Waals surface area contributed by atoms with E-state index in [2.05, 4.69) is 15.6 Å². The second-order valence-corrected chi connectivity index (χ2v) is 5.19. The average molecular weight is 327 g/mol. The van der Waals surface area contributed by atoms with Crippen molar-refractivity contribution >= 4 is 35.3 Å². The third-order valence-electron chi connectivity index (χ3n) is 2.64. The highest BCUT2D eigenvalue weighted by Gasteiger charge is 2.06. The van der Waals surface area contributed by atoms with Gasteiger partial charge in [-0.25, -0.2) is 10.5 Å². The summed E-state index contributed by atoms with van der Waals surface area (Å²) in [6.07, 6.45) is 4.15. The number of nitrogens with zero attached hydrogens (tertiary/aromatic N) is 1. The van der Waals surface area contributed by atoms with Gasteiger partial charge in [0.2, 0.25) is 5.91 Å². The van der Waals surface area contributed by atoms with E-state index in [9.17, 15) is 9.59 Å². The van der Waals surface area contributed by atoms with Gasteiger partial charge in [0.05, 0.1) is 5.02 Å². The predicted octanol–water partition coefficient (Wildman–Crippen LogP) is 1.44. The molecule has 22 heavy (non-hydrogen) atoms. The van der Waals surface area contributed by atoms with Gasteiger partial charge in [0.25, 0.3) is 5.91 Å². The Morgan fingerprint density at radius 3 is 2.73 bits per heavy atom. The van der Waals surface area contributed by atoms with E-state index in [0.717, 1.165) is 6.08 Å². The second-order valence-electron chi connectivity index (χ2n) is 4.78. The van der Waals surface area contributed by atoms with Crippen LogP contribution in [0.2, 0.25) is 5.02 Å². The minimum absolute atomic E-state index is 0.0106. The van der Waals surface area contributed by atoms with Crippen LogP contribution in [0.15, 0.2) is 18.3 Å². The number of rotatable bonds is 7. The van der Waals surface area contributed by atoms with Crippen molar-refractivity contribution in [3.63, 3.8) is 0 Å². The number of aromatic nitrogens is 1. The van der Waals surface area contributed by atoms with Crippen molar-refractivity contribution in [3.8, 4) is 0 Å². The molecular weight excluding hydrogens is 308 g/mol. The van der Waals surface area contributed by atoms with Gasteiger partial charge in [0.1, 0.15) is 5.82 Å². The summed E-state index contributed by atoms with van der Waals surface area (Å²) >= 11 is 6.07. The van der Waals surface area contributed by atoms with Crippen LogP contribution in [0.1, 0.15) is 19.4 Å². The number of pyridine rings is 1. The Balaban J connectivity index is 2.51. The zero-order valence-electron chi connectivity index (χ0n) is 12.4. The molecule has 0 aliphatic rings. The van der Waals surface area contributed by atoms with E-state index in [0.29, 0.717) is 29.5 Å². The lowest BCUT2D eigenvalue weighted by Gasteiger charge is -2.10. The van der Waals surface area contributed by atoms with E-state index < -0.39 is 5.91 Å². The SMILES string of the molecule is CC(C)C(=O)NCCNc1ncc(/C=C/C(=O)NO)cc1Cl. The molecule has 0 saturated carbocycles. The van der Waals surface area contributed by atoms with Crippen LogP contribution in [0.4, 0.5) is 5.82 Å². The third-order valence-corrected chi connectivity index (χ3v) is 2.93. The van der Waals surface area contributed by atoms with Gasteiger partial charge in [0.15, 0.2) is 0 Å². The molecule has 0 radical (unpaired) electrons. The Kier molecular flexibility index (Phi) is 7.34. The highest BCUT2D eigenvalue weighted by Crippen LogP contribution is 2.20. The lowest BCUT2D eigenvalue weighted by molar-refractivity contribution is -0.124. The van der Waals surface area contributed by atoms with E-state index in [4.69, 9.17) is 16.8 Å². The monoisotopic (exact) mass is 326 g/mol. The fraction of sp³-hybridized carbons (Fsp3) is 0.357. The number of carbonyl (C=O) groups is 2. The van der Waals surface area contributed by atoms with E-state index in [-0.39, 0.29) is 11.8 Å². The zero-order valence-corrected chi connectivity index (χ0v) is 13.1. The molecule has 120 valence electrons. The Hall–Kier alpha value is -2.12. The Morgan fingerprint density at radius 1 is 1.41 bits per heavy atom. The molecule has 1 aromatic heterocycles. The zero-order chi connectivity index (χ0) is 16.5. The van der Waals surface area contributed by atoms with Crippen molar-refractivity contribution in [2.75, 3.05) is 18.4 Å². The van der Waals surface area contributed by atoms with Crippen LogP contribution in [0.3, 0.4) is 0 Å². The lowest BCUT2D eigenvalue weighted by Crippen LogP contribution is -2.32. The van der Waals surface area contributed by atoms with E-state index in [1.165, 1.54) is 17.8 Å². The largest absolute Gasteiger partial charge is 0.367 e. The minimum atomic E-state index is -0.640. The quantitative estimate of drug-likeness (QED) is 0.263. The van der Waals surface area contributed by atoms with E-state index in [1.54, 1.807) is 6.07 Å². The van der Waals surface area contributed by atoms with Crippen LogP contribution < -0.4 is 16.1 Å². The molecule has 0 aliphatic heterocycles. The molecule has 0 aliphatic carbocycles. The van der Waals surface area contributed by atoms with Crippen molar-refractivity contribution in [1.82, 2.24) is 15.8 Å². The molecule has 0 atom stereocenters. The first kappa shape index (κ1) is 17.9. The van der Waals surface area contributed by atoms with Crippen LogP contribution >= 0.6 is 11.6 Å². The van der Waals surface area contributed by atoms with Crippen LogP contribution in [-0.2, 0) is 9.59 Å². The molecule has 0 fully saturated rings. The van der Waals surface area contributed by atoms with Gasteiger partial charge in [-0.05, 0) is 17.7 Å². The molecule has 7 nitrogen and oxygen atoms in total. The molecule has 0 aromatic carbocycles. The maximum Gasteiger partial charge on any atom is 0.267 e. The van der Waals surface area contributed by atoms with Gasteiger partial charge >= 0.3 is 0 Å². The first-order valence-electron chi connectivity index (χ1n) is 6.73. The van der Waals surface area contributed by atoms with Crippen LogP contribution in [0, 0.1) is 5.92 Å². The van der Waals surface area contributed by atoms with Crippen molar-refractivity contribution in [3.05, 3.63) is 28.9 Å². The molecule has 2 amide bonds. The van der Waals surface area contributed by atoms with Gasteiger partial charge in [-0.2, -0.15) is 0 Å². The number of halogens is 1. The standard InChI is InChI=1S/C14H19ClN4O3/c1-9(2)14(21)17-6-5-16-13-11(15)7-10(8-18-13)3-4-12(20)19-22/h3-4,7-9,22H,5-6H2,1-2H3,(H,16,18)(H,17,21)(H,19,20)/b4-3+. The predicted molar refractivity (Wildman–Crippen MR) is 84.5 cm³/mol. The molecule has 8 heteroatoms. The third kappa shape index (κ3) is 6.11. The van der Waals surface area contributed by atoms with Gasteiger partial charge < -0.3 is 10.6 Å². The summed E-state index contributed by atoms with van der Waals surface area (Å²) in [7, 11) is 0. The number of hydrogen-bond acceptors (Lipinski definition) is 5. The number of carbonyl (C=O) groups excluding carboxylic acids is 2. The van der Waals surface area contributed by atoms with Gasteiger partial charge in [-0.3, -0.25) is 14.8 Å². The summed E-state index contributed by atoms with van der Waals surface area (Å²) < 4.78 is 0. The summed E-state index contributed by atoms with van der Waals surface area (Å²) in [4.78, 5) is 26.4. The first-order chi connectivity index (χ1) is 10.4. The average Bonchev–Trinajstić information content (AvgIpc) is 2.50. The highest BCUT2D eigenvalue weighted by molar-refractivity contribution is 6.33. The molecule has 0 bridgehead atoms. The van der Waals surface area contributed by atoms with Crippen LogP contribution in [0.5, 0.6) is 0 Å². The maximum atomic E-state index is 11.4. The van der Waals surface area contributed by atoms with Crippen LogP contribution in [-0.4, -0.2) is 35.1 Å². The number of hydroxylamine groups is 1. The minimum Gasteiger partial charge on any atom is -0.367 e. The Morgan fingerprint density at radius 2 is 2.14 bits per heavy atom. The number of amides is 2. The fourth-order valence-electron chi connectivity index (χ4n) is 1.45. The topological polar surface area (TPSA) is 103 Å². The smallest absolute Gasteiger partial charge is 0.267 e. The summed E-state index contributed by atoms with van der Waals surface area (Å²) in [5.74, 6) is -0.212. The molecule has 1 rings (SSSR count). The number of hydrogen-bond donors (Lipinski definition) is 4. The molecule has 1 aromatic rings. The fourth-order valence-corrected chi connectivity index (χ4v) is 1.70.